The van der Waals surface area contributed by atoms with Crippen LogP contribution in [0.2, 0.25) is 0 Å². The third-order valence-electron chi connectivity index (χ3n) is 3.17. The Balaban J connectivity index is 2.30. The molecule has 0 aliphatic heterocycles. The Bertz CT molecular complexity index is 645. The van der Waals surface area contributed by atoms with Crippen LogP contribution in [0.15, 0.2) is 42.5 Å². The van der Waals surface area contributed by atoms with Crippen LogP contribution in [0.3, 0.4) is 0 Å². The Hall–Kier alpha value is -2.50. The third kappa shape index (κ3) is 3.53. The van der Waals surface area contributed by atoms with Crippen LogP contribution >= 0.6 is 0 Å². The Morgan fingerprint density at radius 2 is 1.76 bits per heavy atom. The predicted molar refractivity (Wildman–Crippen MR) is 76.1 cm³/mol. The molecule has 0 bridgehead atoms. The van der Waals surface area contributed by atoms with E-state index in [1.165, 1.54) is 18.2 Å². The van der Waals surface area contributed by atoms with E-state index in [4.69, 9.17) is 0 Å². The van der Waals surface area contributed by atoms with Gasteiger partial charge in [0.15, 0.2) is 0 Å². The minimum absolute atomic E-state index is 0.227. The number of nitrogens with one attached hydrogen (secondary N) is 1. The van der Waals surface area contributed by atoms with Crippen molar-refractivity contribution in [2.45, 2.75) is 19.4 Å². The Kier molecular flexibility index (Phi) is 4.47. The summed E-state index contributed by atoms with van der Waals surface area (Å²) in [5, 5.41) is 14.0. The van der Waals surface area contributed by atoms with Crippen molar-refractivity contribution in [3.05, 3.63) is 69.8 Å². The van der Waals surface area contributed by atoms with E-state index in [1.807, 2.05) is 6.92 Å². The number of hydrogen-bond donors (Lipinski definition) is 1. The van der Waals surface area contributed by atoms with Crippen molar-refractivity contribution in [1.29, 1.82) is 0 Å². The van der Waals surface area contributed by atoms with Gasteiger partial charge in [-0.3, -0.25) is 10.1 Å². The molecule has 0 aliphatic carbocycles. The van der Waals surface area contributed by atoms with E-state index in [2.05, 4.69) is 5.32 Å². The van der Waals surface area contributed by atoms with Crippen molar-refractivity contribution in [3.63, 3.8) is 0 Å². The van der Waals surface area contributed by atoms with E-state index in [1.54, 1.807) is 12.1 Å². The van der Waals surface area contributed by atoms with Gasteiger partial charge in [0.2, 0.25) is 0 Å². The molecule has 0 amide bonds. The van der Waals surface area contributed by atoms with Gasteiger partial charge in [0.25, 0.3) is 5.69 Å². The predicted octanol–water partition coefficient (Wildman–Crippen LogP) is 4.44. The molecule has 0 aliphatic rings. The van der Waals surface area contributed by atoms with Crippen molar-refractivity contribution in [3.8, 4) is 0 Å². The summed E-state index contributed by atoms with van der Waals surface area (Å²) < 4.78 is 26.1. The molecule has 0 radical (unpaired) electrons. The van der Waals surface area contributed by atoms with Crippen LogP contribution in [0.4, 0.5) is 20.2 Å². The molecule has 4 nitrogen and oxygen atoms in total. The molecule has 21 heavy (non-hydrogen) atoms. The number of rotatable bonds is 5. The van der Waals surface area contributed by atoms with Crippen LogP contribution in [0.1, 0.15) is 24.9 Å². The fraction of sp³-hybridized carbons (Fsp3) is 0.200. The summed E-state index contributed by atoms with van der Waals surface area (Å²) in [5.74, 6) is -1.01. The monoisotopic (exact) mass is 292 g/mol. The van der Waals surface area contributed by atoms with E-state index < -0.39 is 10.7 Å². The number of hydrogen-bond acceptors (Lipinski definition) is 3. The second-order valence-electron chi connectivity index (χ2n) is 4.58. The van der Waals surface area contributed by atoms with Crippen molar-refractivity contribution < 1.29 is 13.7 Å². The quantitative estimate of drug-likeness (QED) is 0.655. The first-order chi connectivity index (χ1) is 10.0. The van der Waals surface area contributed by atoms with Crippen LogP contribution in [0.5, 0.6) is 0 Å². The van der Waals surface area contributed by atoms with Gasteiger partial charge in [-0.15, -0.1) is 0 Å². The van der Waals surface area contributed by atoms with Crippen molar-refractivity contribution in [2.75, 3.05) is 5.32 Å². The first-order valence-electron chi connectivity index (χ1n) is 6.47. The molecule has 0 fully saturated rings. The number of halogens is 2. The van der Waals surface area contributed by atoms with Gasteiger partial charge in [0, 0.05) is 0 Å². The maximum absolute atomic E-state index is 13.1. The topological polar surface area (TPSA) is 55.2 Å². The lowest BCUT2D eigenvalue weighted by molar-refractivity contribution is -0.384. The molecule has 0 saturated carbocycles. The molecular formula is C15H14F2N2O2. The van der Waals surface area contributed by atoms with Crippen LogP contribution < -0.4 is 5.32 Å². The first-order valence-corrected chi connectivity index (χ1v) is 6.47. The highest BCUT2D eigenvalue weighted by molar-refractivity contribution is 5.62. The zero-order chi connectivity index (χ0) is 15.4. The van der Waals surface area contributed by atoms with Crippen LogP contribution in [0, 0.1) is 21.7 Å². The largest absolute Gasteiger partial charge is 0.373 e. The molecule has 0 spiro atoms. The maximum atomic E-state index is 13.1. The van der Waals surface area contributed by atoms with Crippen LogP contribution in [-0.4, -0.2) is 4.92 Å². The van der Waals surface area contributed by atoms with Gasteiger partial charge in [-0.05, 0) is 36.2 Å². The molecule has 1 unspecified atom stereocenters. The summed E-state index contributed by atoms with van der Waals surface area (Å²) in [4.78, 5) is 10.3. The molecule has 0 saturated heterocycles. The Labute approximate surface area is 120 Å². The molecule has 110 valence electrons. The summed E-state index contributed by atoms with van der Waals surface area (Å²) in [6.07, 6.45) is 0.639. The molecule has 0 heterocycles. The molecule has 0 aromatic heterocycles. The summed E-state index contributed by atoms with van der Waals surface area (Å²) >= 11 is 0. The highest BCUT2D eigenvalue weighted by atomic mass is 19.1. The summed E-state index contributed by atoms with van der Waals surface area (Å²) in [6, 6.07) is 9.04. The first kappa shape index (κ1) is 14.9. The number of nitrogens with zero attached hydrogens (tertiary/aromatic N) is 1. The minimum atomic E-state index is -0.665. The standard InChI is InChI=1S/C15H14F2N2O2/c1-2-13(10-3-5-11(16)6-4-10)18-14-8-7-12(17)9-15(14)19(20)21/h3-9,13,18H,2H2,1H3. The van der Waals surface area contributed by atoms with Crippen molar-refractivity contribution in [2.24, 2.45) is 0 Å². The summed E-state index contributed by atoms with van der Waals surface area (Å²) in [6.45, 7) is 1.90. The second-order valence-corrected chi connectivity index (χ2v) is 4.58. The van der Waals surface area contributed by atoms with E-state index in [-0.39, 0.29) is 23.2 Å². The molecule has 2 aromatic rings. The average molecular weight is 292 g/mol. The van der Waals surface area contributed by atoms with Crippen LogP contribution in [-0.2, 0) is 0 Å². The van der Waals surface area contributed by atoms with Gasteiger partial charge < -0.3 is 5.32 Å². The van der Waals surface area contributed by atoms with Crippen molar-refractivity contribution >= 4 is 11.4 Å². The lowest BCUT2D eigenvalue weighted by Gasteiger charge is -2.18. The fourth-order valence-corrected chi connectivity index (χ4v) is 2.08. The van der Waals surface area contributed by atoms with E-state index in [0.717, 1.165) is 17.7 Å². The lowest BCUT2D eigenvalue weighted by atomic mass is 10.0. The molecule has 2 rings (SSSR count). The Morgan fingerprint density at radius 1 is 1.14 bits per heavy atom. The normalized spacial score (nSPS) is 12.0. The fourth-order valence-electron chi connectivity index (χ4n) is 2.08. The van der Waals surface area contributed by atoms with Gasteiger partial charge in [-0.2, -0.15) is 0 Å². The van der Waals surface area contributed by atoms with E-state index >= 15 is 0 Å². The van der Waals surface area contributed by atoms with Gasteiger partial charge in [-0.1, -0.05) is 19.1 Å². The molecular weight excluding hydrogens is 278 g/mol. The van der Waals surface area contributed by atoms with Gasteiger partial charge in [0.1, 0.15) is 17.3 Å². The molecule has 2 aromatic carbocycles. The Morgan fingerprint density at radius 3 is 2.33 bits per heavy atom. The van der Waals surface area contributed by atoms with Gasteiger partial charge in [-0.25, -0.2) is 8.78 Å². The number of nitro benzene ring substituents is 1. The lowest BCUT2D eigenvalue weighted by Crippen LogP contribution is -2.11. The van der Waals surface area contributed by atoms with Crippen molar-refractivity contribution in [1.82, 2.24) is 0 Å². The molecule has 1 atom stereocenters. The van der Waals surface area contributed by atoms with E-state index in [9.17, 15) is 18.9 Å². The van der Waals surface area contributed by atoms with Gasteiger partial charge >= 0.3 is 0 Å². The number of nitro groups is 1. The highest BCUT2D eigenvalue weighted by Gasteiger charge is 2.18. The number of anilines is 1. The summed E-state index contributed by atoms with van der Waals surface area (Å²) in [7, 11) is 0. The molecule has 6 heteroatoms. The van der Waals surface area contributed by atoms with E-state index in [0.29, 0.717) is 6.42 Å². The summed E-state index contributed by atoms with van der Waals surface area (Å²) in [5.41, 5.74) is 0.714. The smallest absolute Gasteiger partial charge is 0.295 e. The number of benzene rings is 2. The van der Waals surface area contributed by atoms with Crippen LogP contribution in [0.25, 0.3) is 0 Å². The SMILES string of the molecule is CCC(Nc1ccc(F)cc1[N+](=O)[O-])c1ccc(F)cc1. The zero-order valence-corrected chi connectivity index (χ0v) is 11.3. The zero-order valence-electron chi connectivity index (χ0n) is 11.3. The minimum Gasteiger partial charge on any atom is -0.373 e. The average Bonchev–Trinajstić information content (AvgIpc) is 2.47. The maximum Gasteiger partial charge on any atom is 0.295 e. The second kappa shape index (κ2) is 6.30. The van der Waals surface area contributed by atoms with Gasteiger partial charge in [0.05, 0.1) is 17.0 Å². The highest BCUT2D eigenvalue weighted by Crippen LogP contribution is 2.30. The third-order valence-corrected chi connectivity index (χ3v) is 3.17. The molecule has 1 N–H and O–H groups in total.